The van der Waals surface area contributed by atoms with Crippen LogP contribution in [0.15, 0.2) is 48.5 Å². The first-order valence-electron chi connectivity index (χ1n) is 11.7. The number of hydrogen-bond acceptors (Lipinski definition) is 4. The van der Waals surface area contributed by atoms with Gasteiger partial charge in [-0.15, -0.1) is 0 Å². The zero-order chi connectivity index (χ0) is 21.7. The lowest BCUT2D eigenvalue weighted by molar-refractivity contribution is -0.0257. The summed E-state index contributed by atoms with van der Waals surface area (Å²) in [5, 5.41) is 15.4. The zero-order valence-corrected chi connectivity index (χ0v) is 19.3. The zero-order valence-electron chi connectivity index (χ0n) is 18.5. The lowest BCUT2D eigenvalue weighted by Crippen LogP contribution is -2.39. The van der Waals surface area contributed by atoms with Crippen LogP contribution in [0.2, 0.25) is 5.02 Å². The Bertz CT molecular complexity index is 839. The fraction of sp³-hybridized carbons (Fsp3) is 0.538. The molecule has 2 aromatic carbocycles. The molecule has 0 aromatic heterocycles. The van der Waals surface area contributed by atoms with E-state index in [-0.39, 0.29) is 6.04 Å². The number of hydrogen-bond donors (Lipinski definition) is 2. The molecule has 2 N–H and O–H groups in total. The first-order valence-corrected chi connectivity index (χ1v) is 12.0. The number of ether oxygens (including phenoxy) is 1. The summed E-state index contributed by atoms with van der Waals surface area (Å²) in [5.41, 5.74) is 1.72. The summed E-state index contributed by atoms with van der Waals surface area (Å²) < 4.78 is 5.98. The summed E-state index contributed by atoms with van der Waals surface area (Å²) >= 11 is 6.66. The fourth-order valence-electron chi connectivity index (χ4n) is 5.11. The Morgan fingerprint density at radius 2 is 1.94 bits per heavy atom. The molecule has 4 rings (SSSR count). The molecular formula is C26H35ClN2O2. The second kappa shape index (κ2) is 10.4. The second-order valence-corrected chi connectivity index (χ2v) is 9.65. The minimum Gasteiger partial charge on any atom is -0.487 e. The summed E-state index contributed by atoms with van der Waals surface area (Å²) in [6, 6.07) is 17.0. The van der Waals surface area contributed by atoms with E-state index >= 15 is 0 Å². The maximum absolute atomic E-state index is 11.3. The lowest BCUT2D eigenvalue weighted by Gasteiger charge is -2.39. The van der Waals surface area contributed by atoms with Gasteiger partial charge in [-0.25, -0.2) is 0 Å². The number of likely N-dealkylation sites (N-methyl/N-ethyl adjacent to an activating group) is 1. The number of benzene rings is 2. The highest BCUT2D eigenvalue weighted by molar-refractivity contribution is 6.32. The van der Waals surface area contributed by atoms with E-state index in [1.54, 1.807) is 0 Å². The third-order valence-electron chi connectivity index (χ3n) is 7.00. The number of likely N-dealkylation sites (tertiary alicyclic amines) is 1. The first-order chi connectivity index (χ1) is 15.1. The van der Waals surface area contributed by atoms with E-state index in [0.29, 0.717) is 23.4 Å². The van der Waals surface area contributed by atoms with Crippen molar-refractivity contribution >= 4 is 11.6 Å². The van der Waals surface area contributed by atoms with Gasteiger partial charge in [-0.3, -0.25) is 4.90 Å². The summed E-state index contributed by atoms with van der Waals surface area (Å²) in [6.07, 6.45) is 7.18. The monoisotopic (exact) mass is 442 g/mol. The van der Waals surface area contributed by atoms with Crippen LogP contribution in [0, 0.1) is 0 Å². The third kappa shape index (κ3) is 5.81. The van der Waals surface area contributed by atoms with Crippen LogP contribution in [-0.4, -0.2) is 41.8 Å². The van der Waals surface area contributed by atoms with Crippen LogP contribution >= 0.6 is 11.6 Å². The highest BCUT2D eigenvalue weighted by Crippen LogP contribution is 2.41. The molecule has 2 fully saturated rings. The molecule has 1 saturated heterocycles. The van der Waals surface area contributed by atoms with Gasteiger partial charge in [0.25, 0.3) is 0 Å². The van der Waals surface area contributed by atoms with Crippen LogP contribution in [-0.2, 0) is 6.61 Å². The first kappa shape index (κ1) is 22.6. The molecule has 0 bridgehead atoms. The molecule has 5 heteroatoms. The minimum atomic E-state index is -0.574. The van der Waals surface area contributed by atoms with E-state index in [1.807, 2.05) is 37.4 Å². The van der Waals surface area contributed by atoms with E-state index in [0.717, 1.165) is 57.2 Å². The van der Waals surface area contributed by atoms with E-state index in [9.17, 15) is 5.11 Å². The van der Waals surface area contributed by atoms with Gasteiger partial charge in [0.2, 0.25) is 0 Å². The highest BCUT2D eigenvalue weighted by Gasteiger charge is 2.37. The SMILES string of the molecule is CN[C@H]1CCN(C(CC2(O)CCCCC2)c2ccc(OCc3ccccc3)c(Cl)c2)C1. The van der Waals surface area contributed by atoms with Crippen LogP contribution in [0.3, 0.4) is 0 Å². The van der Waals surface area contributed by atoms with Gasteiger partial charge in [0.05, 0.1) is 10.6 Å². The van der Waals surface area contributed by atoms with Gasteiger partial charge in [-0.05, 0) is 56.0 Å². The Hall–Kier alpha value is -1.59. The Kier molecular flexibility index (Phi) is 7.55. The van der Waals surface area contributed by atoms with Gasteiger partial charge in [0, 0.05) is 25.2 Å². The molecule has 31 heavy (non-hydrogen) atoms. The maximum atomic E-state index is 11.3. The fourth-order valence-corrected chi connectivity index (χ4v) is 5.36. The van der Waals surface area contributed by atoms with Crippen molar-refractivity contribution in [1.29, 1.82) is 0 Å². The van der Waals surface area contributed by atoms with E-state index in [2.05, 4.69) is 28.4 Å². The van der Waals surface area contributed by atoms with Gasteiger partial charge in [-0.1, -0.05) is 67.3 Å². The van der Waals surface area contributed by atoms with Crippen LogP contribution in [0.1, 0.15) is 62.1 Å². The molecule has 1 aliphatic carbocycles. The van der Waals surface area contributed by atoms with E-state index in [4.69, 9.17) is 16.3 Å². The van der Waals surface area contributed by atoms with Crippen LogP contribution < -0.4 is 10.1 Å². The number of nitrogens with zero attached hydrogens (tertiary/aromatic N) is 1. The summed E-state index contributed by atoms with van der Waals surface area (Å²) in [5.74, 6) is 0.707. The van der Waals surface area contributed by atoms with Crippen LogP contribution in [0.5, 0.6) is 5.75 Å². The smallest absolute Gasteiger partial charge is 0.138 e. The topological polar surface area (TPSA) is 44.7 Å². The average Bonchev–Trinajstić information content (AvgIpc) is 3.27. The van der Waals surface area contributed by atoms with Crippen molar-refractivity contribution in [3.05, 3.63) is 64.7 Å². The van der Waals surface area contributed by atoms with Gasteiger partial charge in [0.15, 0.2) is 0 Å². The largest absolute Gasteiger partial charge is 0.487 e. The Morgan fingerprint density at radius 1 is 1.16 bits per heavy atom. The summed E-state index contributed by atoms with van der Waals surface area (Å²) in [6.45, 7) is 2.54. The summed E-state index contributed by atoms with van der Waals surface area (Å²) in [7, 11) is 2.04. The third-order valence-corrected chi connectivity index (χ3v) is 7.30. The molecule has 1 saturated carbocycles. The Balaban J connectivity index is 1.52. The van der Waals surface area contributed by atoms with Crippen molar-refractivity contribution in [3.8, 4) is 5.75 Å². The lowest BCUT2D eigenvalue weighted by atomic mass is 9.79. The molecule has 0 radical (unpaired) electrons. The number of rotatable bonds is 8. The predicted octanol–water partition coefficient (Wildman–Crippen LogP) is 5.34. The van der Waals surface area contributed by atoms with Gasteiger partial charge >= 0.3 is 0 Å². The minimum absolute atomic E-state index is 0.169. The van der Waals surface area contributed by atoms with Crippen molar-refractivity contribution < 1.29 is 9.84 Å². The van der Waals surface area contributed by atoms with Gasteiger partial charge in [-0.2, -0.15) is 0 Å². The van der Waals surface area contributed by atoms with E-state index < -0.39 is 5.60 Å². The highest BCUT2D eigenvalue weighted by atomic mass is 35.5. The predicted molar refractivity (Wildman–Crippen MR) is 127 cm³/mol. The molecule has 1 aliphatic heterocycles. The van der Waals surface area contributed by atoms with Crippen molar-refractivity contribution in [2.75, 3.05) is 20.1 Å². The molecule has 1 unspecified atom stereocenters. The van der Waals surface area contributed by atoms with Crippen molar-refractivity contribution in [2.24, 2.45) is 0 Å². The maximum Gasteiger partial charge on any atom is 0.138 e. The summed E-state index contributed by atoms with van der Waals surface area (Å²) in [4.78, 5) is 2.52. The average molecular weight is 443 g/mol. The standard InChI is InChI=1S/C26H35ClN2O2/c1-28-22-12-15-29(18-22)24(17-26(30)13-6-3-7-14-26)21-10-11-25(23(27)16-21)31-19-20-8-4-2-5-9-20/h2,4-5,8-11,16,22,24,28,30H,3,6-7,12-15,17-19H2,1H3/t22-,24?/m0/s1. The molecule has 168 valence electrons. The molecule has 2 atom stereocenters. The molecule has 2 aliphatic rings. The van der Waals surface area contributed by atoms with Crippen LogP contribution in [0.25, 0.3) is 0 Å². The number of halogens is 1. The number of aliphatic hydroxyl groups is 1. The van der Waals surface area contributed by atoms with Crippen molar-refractivity contribution in [2.45, 2.75) is 69.2 Å². The number of nitrogens with one attached hydrogen (secondary N) is 1. The molecule has 0 amide bonds. The van der Waals surface area contributed by atoms with Crippen molar-refractivity contribution in [3.63, 3.8) is 0 Å². The van der Waals surface area contributed by atoms with E-state index in [1.165, 1.54) is 12.0 Å². The molecular weight excluding hydrogens is 408 g/mol. The quantitative estimate of drug-likeness (QED) is 0.579. The second-order valence-electron chi connectivity index (χ2n) is 9.24. The normalized spacial score (nSPS) is 22.4. The van der Waals surface area contributed by atoms with Crippen LogP contribution in [0.4, 0.5) is 0 Å². The molecule has 1 heterocycles. The van der Waals surface area contributed by atoms with Gasteiger partial charge < -0.3 is 15.2 Å². The Labute approximate surface area is 191 Å². The molecule has 0 spiro atoms. The van der Waals surface area contributed by atoms with Crippen molar-refractivity contribution in [1.82, 2.24) is 10.2 Å². The molecule has 4 nitrogen and oxygen atoms in total. The molecule has 2 aromatic rings. The Morgan fingerprint density at radius 3 is 2.61 bits per heavy atom. The van der Waals surface area contributed by atoms with Gasteiger partial charge in [0.1, 0.15) is 12.4 Å².